The van der Waals surface area contributed by atoms with E-state index < -0.39 is 10.0 Å². The molecule has 0 amide bonds. The van der Waals surface area contributed by atoms with Crippen LogP contribution < -0.4 is 0 Å². The molecule has 0 aliphatic heterocycles. The molecule has 1 aromatic rings. The summed E-state index contributed by atoms with van der Waals surface area (Å²) in [5, 5.41) is 0.253. The minimum atomic E-state index is -3.57. The SMILES string of the molecule is C=CCN(CC=C)S(=O)(=O)c1ccc(Cl)nc1. The maximum atomic E-state index is 12.2. The highest BCUT2D eigenvalue weighted by Gasteiger charge is 2.22. The second kappa shape index (κ2) is 5.95. The monoisotopic (exact) mass is 272 g/mol. The Labute approximate surface area is 106 Å². The third-order valence-corrected chi connectivity index (χ3v) is 4.04. The fraction of sp³-hybridized carbons (Fsp3) is 0.182. The van der Waals surface area contributed by atoms with E-state index in [1.165, 1.54) is 34.8 Å². The number of rotatable bonds is 6. The number of sulfonamides is 1. The van der Waals surface area contributed by atoms with Gasteiger partial charge in [0.15, 0.2) is 0 Å². The van der Waals surface area contributed by atoms with Crippen LogP contribution in [0, 0.1) is 0 Å². The van der Waals surface area contributed by atoms with Gasteiger partial charge in [-0.25, -0.2) is 13.4 Å². The molecule has 0 radical (unpaired) electrons. The zero-order valence-corrected chi connectivity index (χ0v) is 10.8. The van der Waals surface area contributed by atoms with Crippen molar-refractivity contribution in [2.24, 2.45) is 0 Å². The number of nitrogens with zero attached hydrogens (tertiary/aromatic N) is 2. The van der Waals surface area contributed by atoms with Crippen LogP contribution in [0.2, 0.25) is 5.15 Å². The number of hydrogen-bond donors (Lipinski definition) is 0. The van der Waals surface area contributed by atoms with Gasteiger partial charge in [0.1, 0.15) is 10.0 Å². The number of hydrogen-bond acceptors (Lipinski definition) is 3. The average molecular weight is 273 g/mol. The van der Waals surface area contributed by atoms with Crippen molar-refractivity contribution in [1.82, 2.24) is 9.29 Å². The van der Waals surface area contributed by atoms with Crippen LogP contribution in [-0.4, -0.2) is 30.8 Å². The molecule has 4 nitrogen and oxygen atoms in total. The Bertz CT molecular complexity index is 487. The predicted molar refractivity (Wildman–Crippen MR) is 68.4 cm³/mol. The molecule has 0 aliphatic rings. The van der Waals surface area contributed by atoms with E-state index in [-0.39, 0.29) is 23.1 Å². The molecule has 0 bridgehead atoms. The van der Waals surface area contributed by atoms with Gasteiger partial charge in [-0.15, -0.1) is 13.2 Å². The van der Waals surface area contributed by atoms with Gasteiger partial charge in [-0.1, -0.05) is 23.8 Å². The molecular formula is C11H13ClN2O2S. The number of aromatic nitrogens is 1. The lowest BCUT2D eigenvalue weighted by Crippen LogP contribution is -2.31. The largest absolute Gasteiger partial charge is 0.245 e. The van der Waals surface area contributed by atoms with E-state index in [0.29, 0.717) is 0 Å². The van der Waals surface area contributed by atoms with Gasteiger partial charge in [-0.2, -0.15) is 4.31 Å². The molecule has 0 saturated heterocycles. The van der Waals surface area contributed by atoms with Gasteiger partial charge in [0.25, 0.3) is 0 Å². The van der Waals surface area contributed by atoms with Crippen LogP contribution in [0.15, 0.2) is 48.5 Å². The maximum absolute atomic E-state index is 12.2. The molecule has 1 aromatic heterocycles. The van der Waals surface area contributed by atoms with E-state index in [9.17, 15) is 8.42 Å². The lowest BCUT2D eigenvalue weighted by molar-refractivity contribution is 0.474. The lowest BCUT2D eigenvalue weighted by Gasteiger charge is -2.18. The van der Waals surface area contributed by atoms with Crippen LogP contribution in [0.5, 0.6) is 0 Å². The topological polar surface area (TPSA) is 50.3 Å². The fourth-order valence-corrected chi connectivity index (χ4v) is 2.66. The van der Waals surface area contributed by atoms with Gasteiger partial charge in [-0.3, -0.25) is 0 Å². The molecule has 0 spiro atoms. The zero-order chi connectivity index (χ0) is 12.9. The first-order chi connectivity index (χ1) is 8.02. The Hall–Kier alpha value is -1.17. The van der Waals surface area contributed by atoms with E-state index in [1.807, 2.05) is 0 Å². The first-order valence-corrected chi connectivity index (χ1v) is 6.67. The summed E-state index contributed by atoms with van der Waals surface area (Å²) in [4.78, 5) is 3.86. The second-order valence-electron chi connectivity index (χ2n) is 3.22. The van der Waals surface area contributed by atoms with E-state index in [0.717, 1.165) is 0 Å². The molecule has 1 heterocycles. The average Bonchev–Trinajstić information content (AvgIpc) is 2.29. The van der Waals surface area contributed by atoms with Crippen molar-refractivity contribution < 1.29 is 8.42 Å². The molecule has 92 valence electrons. The number of pyridine rings is 1. The second-order valence-corrected chi connectivity index (χ2v) is 5.54. The molecule has 0 aliphatic carbocycles. The van der Waals surface area contributed by atoms with Crippen LogP contribution in [-0.2, 0) is 10.0 Å². The molecule has 0 unspecified atom stereocenters. The minimum Gasteiger partial charge on any atom is -0.243 e. The third-order valence-electron chi connectivity index (χ3n) is 2.00. The molecule has 0 saturated carbocycles. The maximum Gasteiger partial charge on any atom is 0.245 e. The Morgan fingerprint density at radius 1 is 1.29 bits per heavy atom. The van der Waals surface area contributed by atoms with Crippen LogP contribution in [0.3, 0.4) is 0 Å². The summed E-state index contributed by atoms with van der Waals surface area (Å²) in [5.41, 5.74) is 0. The van der Waals surface area contributed by atoms with E-state index >= 15 is 0 Å². The Morgan fingerprint density at radius 2 is 1.88 bits per heavy atom. The van der Waals surface area contributed by atoms with Crippen molar-refractivity contribution in [3.8, 4) is 0 Å². The normalized spacial score (nSPS) is 11.4. The highest BCUT2D eigenvalue weighted by molar-refractivity contribution is 7.89. The highest BCUT2D eigenvalue weighted by Crippen LogP contribution is 2.16. The fourth-order valence-electron chi connectivity index (χ4n) is 1.22. The third kappa shape index (κ3) is 3.39. The summed E-state index contributed by atoms with van der Waals surface area (Å²) in [6.45, 7) is 7.49. The van der Waals surface area contributed by atoms with Gasteiger partial charge < -0.3 is 0 Å². The van der Waals surface area contributed by atoms with Crippen LogP contribution in [0.4, 0.5) is 0 Å². The summed E-state index contributed by atoms with van der Waals surface area (Å²) in [6, 6.07) is 2.86. The van der Waals surface area contributed by atoms with Gasteiger partial charge in [0, 0.05) is 19.3 Å². The van der Waals surface area contributed by atoms with Crippen molar-refractivity contribution in [2.45, 2.75) is 4.90 Å². The van der Waals surface area contributed by atoms with Gasteiger partial charge in [0.05, 0.1) is 0 Å². The van der Waals surface area contributed by atoms with Crippen molar-refractivity contribution in [3.63, 3.8) is 0 Å². The first kappa shape index (κ1) is 13.9. The van der Waals surface area contributed by atoms with E-state index in [1.54, 1.807) is 0 Å². The summed E-state index contributed by atoms with van der Waals surface area (Å²) in [6.07, 6.45) is 4.27. The summed E-state index contributed by atoms with van der Waals surface area (Å²) in [7, 11) is -3.57. The predicted octanol–water partition coefficient (Wildman–Crippen LogP) is 2.10. The molecular weight excluding hydrogens is 260 g/mol. The standard InChI is InChI=1S/C11H13ClN2O2S/c1-3-7-14(8-4-2)17(15,16)10-5-6-11(12)13-9-10/h3-6,9H,1-2,7-8H2. The van der Waals surface area contributed by atoms with Crippen molar-refractivity contribution in [1.29, 1.82) is 0 Å². The van der Waals surface area contributed by atoms with Gasteiger partial charge in [-0.05, 0) is 12.1 Å². The summed E-state index contributed by atoms with van der Waals surface area (Å²) >= 11 is 5.61. The quantitative estimate of drug-likeness (QED) is 0.589. The van der Waals surface area contributed by atoms with Crippen LogP contribution >= 0.6 is 11.6 Å². The van der Waals surface area contributed by atoms with E-state index in [4.69, 9.17) is 11.6 Å². The molecule has 0 N–H and O–H groups in total. The Morgan fingerprint density at radius 3 is 2.29 bits per heavy atom. The highest BCUT2D eigenvalue weighted by atomic mass is 35.5. The van der Waals surface area contributed by atoms with Gasteiger partial charge >= 0.3 is 0 Å². The minimum absolute atomic E-state index is 0.102. The van der Waals surface area contributed by atoms with E-state index in [2.05, 4.69) is 18.1 Å². The number of halogens is 1. The van der Waals surface area contributed by atoms with Crippen molar-refractivity contribution >= 4 is 21.6 Å². The van der Waals surface area contributed by atoms with Crippen LogP contribution in [0.1, 0.15) is 0 Å². The summed E-state index contributed by atoms with van der Waals surface area (Å²) in [5.74, 6) is 0. The van der Waals surface area contributed by atoms with Crippen LogP contribution in [0.25, 0.3) is 0 Å². The molecule has 0 atom stereocenters. The molecule has 0 aromatic carbocycles. The zero-order valence-electron chi connectivity index (χ0n) is 9.21. The first-order valence-electron chi connectivity index (χ1n) is 4.86. The molecule has 1 rings (SSSR count). The molecule has 6 heteroatoms. The Kier molecular flexibility index (Phi) is 4.86. The van der Waals surface area contributed by atoms with Crippen molar-refractivity contribution in [3.05, 3.63) is 48.8 Å². The van der Waals surface area contributed by atoms with Crippen molar-refractivity contribution in [2.75, 3.05) is 13.1 Å². The summed E-state index contributed by atoms with van der Waals surface area (Å²) < 4.78 is 25.6. The lowest BCUT2D eigenvalue weighted by atomic mass is 10.5. The molecule has 0 fully saturated rings. The van der Waals surface area contributed by atoms with Gasteiger partial charge in [0.2, 0.25) is 10.0 Å². The molecule has 17 heavy (non-hydrogen) atoms. The Balaban J connectivity index is 3.10. The smallest absolute Gasteiger partial charge is 0.243 e.